The molecule has 1 saturated heterocycles. The molecule has 3 rings (SSSR count). The Morgan fingerprint density at radius 1 is 1.24 bits per heavy atom. The highest BCUT2D eigenvalue weighted by Gasteiger charge is 2.15. The lowest BCUT2D eigenvalue weighted by molar-refractivity contribution is 0.102. The number of rotatable bonds is 4. The van der Waals surface area contributed by atoms with Crippen LogP contribution in [-0.4, -0.2) is 53.9 Å². The number of carbonyl (C=O) groups excluding carboxylic acids is 1. The molecule has 5 nitrogen and oxygen atoms in total. The standard InChI is InChI=1S/C18H20BrClN4O/c1-23-6-8-24(9-7-23)12-13-2-4-15(5-3-13)22-18(25)16-10-14(19)11-21-17(16)20/h2-5,10-11H,6-9,12H2,1H3,(H,22,25). The van der Waals surface area contributed by atoms with E-state index in [2.05, 4.69) is 55.2 Å². The molecule has 0 spiro atoms. The van der Waals surface area contributed by atoms with Crippen molar-refractivity contribution in [2.24, 2.45) is 0 Å². The van der Waals surface area contributed by atoms with E-state index in [1.807, 2.05) is 12.1 Å². The lowest BCUT2D eigenvalue weighted by atomic mass is 10.1. The summed E-state index contributed by atoms with van der Waals surface area (Å²) in [6.45, 7) is 5.32. The summed E-state index contributed by atoms with van der Waals surface area (Å²) in [4.78, 5) is 21.1. The number of nitrogens with zero attached hydrogens (tertiary/aromatic N) is 3. The molecule has 1 aliphatic rings. The fourth-order valence-electron chi connectivity index (χ4n) is 2.74. The molecule has 1 aromatic carbocycles. The number of piperazine rings is 1. The molecule has 1 N–H and O–H groups in total. The lowest BCUT2D eigenvalue weighted by Crippen LogP contribution is -2.43. The molecule has 1 fully saturated rings. The zero-order chi connectivity index (χ0) is 17.8. The largest absolute Gasteiger partial charge is 0.322 e. The number of anilines is 1. The average molecular weight is 424 g/mol. The first-order valence-corrected chi connectivity index (χ1v) is 9.30. The van der Waals surface area contributed by atoms with Gasteiger partial charge >= 0.3 is 0 Å². The molecule has 2 heterocycles. The Bertz CT molecular complexity index is 745. The van der Waals surface area contributed by atoms with Gasteiger partial charge in [-0.1, -0.05) is 23.7 Å². The van der Waals surface area contributed by atoms with Crippen molar-refractivity contribution in [2.75, 3.05) is 38.5 Å². The van der Waals surface area contributed by atoms with Crippen LogP contribution in [0.4, 0.5) is 5.69 Å². The number of hydrogen-bond donors (Lipinski definition) is 1. The molecular weight excluding hydrogens is 404 g/mol. The molecule has 7 heteroatoms. The molecule has 1 aromatic heterocycles. The van der Waals surface area contributed by atoms with Crippen molar-refractivity contribution in [3.63, 3.8) is 0 Å². The number of pyridine rings is 1. The Hall–Kier alpha value is -1.47. The van der Waals surface area contributed by atoms with E-state index in [1.54, 1.807) is 12.3 Å². The number of benzene rings is 1. The average Bonchev–Trinajstić information content (AvgIpc) is 2.60. The Morgan fingerprint density at radius 3 is 2.60 bits per heavy atom. The molecule has 0 aliphatic carbocycles. The molecule has 0 atom stereocenters. The van der Waals surface area contributed by atoms with Crippen LogP contribution in [-0.2, 0) is 6.54 Å². The fraction of sp³-hybridized carbons (Fsp3) is 0.333. The van der Waals surface area contributed by atoms with Crippen LogP contribution in [0.25, 0.3) is 0 Å². The third-order valence-corrected chi connectivity index (χ3v) is 5.00. The molecule has 0 unspecified atom stereocenters. The van der Waals surface area contributed by atoms with Crippen molar-refractivity contribution < 1.29 is 4.79 Å². The summed E-state index contributed by atoms with van der Waals surface area (Å²) in [6.07, 6.45) is 1.56. The second-order valence-electron chi connectivity index (χ2n) is 6.22. The van der Waals surface area contributed by atoms with Gasteiger partial charge in [-0.2, -0.15) is 0 Å². The summed E-state index contributed by atoms with van der Waals surface area (Å²) < 4.78 is 0.713. The van der Waals surface area contributed by atoms with Gasteiger partial charge < -0.3 is 10.2 Å². The quantitative estimate of drug-likeness (QED) is 0.765. The Kier molecular flexibility index (Phi) is 6.06. The second-order valence-corrected chi connectivity index (χ2v) is 7.50. The topological polar surface area (TPSA) is 48.5 Å². The number of likely N-dealkylation sites (N-methyl/N-ethyl adjacent to an activating group) is 1. The minimum atomic E-state index is -0.273. The van der Waals surface area contributed by atoms with Gasteiger partial charge in [-0.3, -0.25) is 9.69 Å². The summed E-state index contributed by atoms with van der Waals surface area (Å²) in [7, 11) is 2.15. The Balaban J connectivity index is 1.60. The molecule has 2 aromatic rings. The summed E-state index contributed by atoms with van der Waals surface area (Å²) in [6, 6.07) is 9.60. The number of aromatic nitrogens is 1. The van der Waals surface area contributed by atoms with Crippen LogP contribution in [0, 0.1) is 0 Å². The van der Waals surface area contributed by atoms with Crippen molar-refractivity contribution >= 4 is 39.1 Å². The van der Waals surface area contributed by atoms with Crippen LogP contribution in [0.3, 0.4) is 0 Å². The van der Waals surface area contributed by atoms with Gasteiger partial charge in [0.15, 0.2) is 0 Å². The highest BCUT2D eigenvalue weighted by atomic mass is 79.9. The fourth-order valence-corrected chi connectivity index (χ4v) is 3.26. The third-order valence-electron chi connectivity index (χ3n) is 4.26. The van der Waals surface area contributed by atoms with Crippen molar-refractivity contribution in [1.29, 1.82) is 0 Å². The van der Waals surface area contributed by atoms with Gasteiger partial charge in [0.1, 0.15) is 5.15 Å². The van der Waals surface area contributed by atoms with Gasteiger partial charge in [0.2, 0.25) is 0 Å². The molecule has 1 aliphatic heterocycles. The lowest BCUT2D eigenvalue weighted by Gasteiger charge is -2.32. The number of halogens is 2. The first kappa shape index (κ1) is 18.3. The molecule has 132 valence electrons. The molecule has 0 bridgehead atoms. The van der Waals surface area contributed by atoms with E-state index in [-0.39, 0.29) is 11.1 Å². The monoisotopic (exact) mass is 422 g/mol. The normalized spacial score (nSPS) is 16.0. The van der Waals surface area contributed by atoms with Crippen LogP contribution in [0.5, 0.6) is 0 Å². The van der Waals surface area contributed by atoms with Crippen molar-refractivity contribution in [2.45, 2.75) is 6.54 Å². The molecule has 0 saturated carbocycles. The summed E-state index contributed by atoms with van der Waals surface area (Å²) in [5, 5.41) is 3.05. The van der Waals surface area contributed by atoms with E-state index in [0.29, 0.717) is 10.0 Å². The minimum absolute atomic E-state index is 0.187. The second kappa shape index (κ2) is 8.27. The highest BCUT2D eigenvalue weighted by molar-refractivity contribution is 9.10. The van der Waals surface area contributed by atoms with Crippen LogP contribution in [0.15, 0.2) is 41.0 Å². The molecular formula is C18H20BrClN4O. The van der Waals surface area contributed by atoms with E-state index in [1.165, 1.54) is 5.56 Å². The van der Waals surface area contributed by atoms with Crippen LogP contribution >= 0.6 is 27.5 Å². The van der Waals surface area contributed by atoms with E-state index >= 15 is 0 Å². The van der Waals surface area contributed by atoms with Crippen molar-refractivity contribution in [1.82, 2.24) is 14.8 Å². The summed E-state index contributed by atoms with van der Waals surface area (Å²) in [5.41, 5.74) is 2.32. The van der Waals surface area contributed by atoms with Gasteiger partial charge in [0, 0.05) is 49.1 Å². The first-order chi connectivity index (χ1) is 12.0. The SMILES string of the molecule is CN1CCN(Cc2ccc(NC(=O)c3cc(Br)cnc3Cl)cc2)CC1. The zero-order valence-corrected chi connectivity index (χ0v) is 16.3. The molecule has 1 amide bonds. The van der Waals surface area contributed by atoms with Crippen molar-refractivity contribution in [3.8, 4) is 0 Å². The smallest absolute Gasteiger partial charge is 0.258 e. The van der Waals surface area contributed by atoms with E-state index in [0.717, 1.165) is 38.4 Å². The van der Waals surface area contributed by atoms with Crippen LogP contribution in [0.2, 0.25) is 5.15 Å². The minimum Gasteiger partial charge on any atom is -0.322 e. The Morgan fingerprint density at radius 2 is 1.92 bits per heavy atom. The highest BCUT2D eigenvalue weighted by Crippen LogP contribution is 2.20. The van der Waals surface area contributed by atoms with Crippen molar-refractivity contribution in [3.05, 3.63) is 57.3 Å². The third kappa shape index (κ3) is 5.01. The molecule has 0 radical (unpaired) electrons. The van der Waals surface area contributed by atoms with Gasteiger partial charge in [0.05, 0.1) is 5.56 Å². The predicted octanol–water partition coefficient (Wildman–Crippen LogP) is 3.50. The Labute approximate surface area is 161 Å². The molecule has 25 heavy (non-hydrogen) atoms. The maximum absolute atomic E-state index is 12.4. The van der Waals surface area contributed by atoms with Gasteiger partial charge in [-0.05, 0) is 46.7 Å². The number of hydrogen-bond acceptors (Lipinski definition) is 4. The maximum atomic E-state index is 12.4. The van der Waals surface area contributed by atoms with Crippen LogP contribution in [0.1, 0.15) is 15.9 Å². The summed E-state index contributed by atoms with van der Waals surface area (Å²) in [5.74, 6) is -0.273. The van der Waals surface area contributed by atoms with E-state index in [4.69, 9.17) is 11.6 Å². The number of amides is 1. The number of nitrogens with one attached hydrogen (secondary N) is 1. The van der Waals surface area contributed by atoms with Gasteiger partial charge in [0.25, 0.3) is 5.91 Å². The van der Waals surface area contributed by atoms with Gasteiger partial charge in [-0.25, -0.2) is 4.98 Å². The zero-order valence-electron chi connectivity index (χ0n) is 14.0. The van der Waals surface area contributed by atoms with Gasteiger partial charge in [-0.15, -0.1) is 0 Å². The van der Waals surface area contributed by atoms with E-state index in [9.17, 15) is 4.79 Å². The first-order valence-electron chi connectivity index (χ1n) is 8.13. The van der Waals surface area contributed by atoms with Crippen LogP contribution < -0.4 is 5.32 Å². The maximum Gasteiger partial charge on any atom is 0.258 e. The van der Waals surface area contributed by atoms with E-state index < -0.39 is 0 Å². The predicted molar refractivity (Wildman–Crippen MR) is 104 cm³/mol. The number of carbonyl (C=O) groups is 1. The summed E-state index contributed by atoms with van der Waals surface area (Å²) >= 11 is 9.30.